The number of sulfonamides is 1. The predicted molar refractivity (Wildman–Crippen MR) is 68.6 cm³/mol. The molecule has 18 heavy (non-hydrogen) atoms. The van der Waals surface area contributed by atoms with E-state index in [0.29, 0.717) is 12.5 Å². The number of nitrogens with zero attached hydrogens (tertiary/aromatic N) is 3. The zero-order valence-corrected chi connectivity index (χ0v) is 11.7. The van der Waals surface area contributed by atoms with Crippen molar-refractivity contribution in [3.8, 4) is 0 Å². The van der Waals surface area contributed by atoms with Crippen LogP contribution < -0.4 is 5.32 Å². The van der Waals surface area contributed by atoms with Crippen LogP contribution in [0.15, 0.2) is 17.3 Å². The largest absolute Gasteiger partial charge is 0.316 e. The molecule has 1 fully saturated rings. The first kappa shape index (κ1) is 13.5. The Morgan fingerprint density at radius 2 is 2.39 bits per heavy atom. The van der Waals surface area contributed by atoms with Crippen LogP contribution in [0.25, 0.3) is 0 Å². The van der Waals surface area contributed by atoms with Gasteiger partial charge in [-0.1, -0.05) is 0 Å². The molecule has 0 radical (unpaired) electrons. The maximum absolute atomic E-state index is 12.3. The number of hydrogen-bond acceptors (Lipinski definition) is 4. The quantitative estimate of drug-likeness (QED) is 0.840. The third-order valence-electron chi connectivity index (χ3n) is 3.36. The first-order chi connectivity index (χ1) is 8.51. The number of aryl methyl sites for hydroxylation is 1. The van der Waals surface area contributed by atoms with E-state index in [0.717, 1.165) is 25.9 Å². The third-order valence-corrected chi connectivity index (χ3v) is 5.26. The molecule has 0 aromatic carbocycles. The van der Waals surface area contributed by atoms with Crippen LogP contribution >= 0.6 is 0 Å². The molecule has 0 bridgehead atoms. The van der Waals surface area contributed by atoms with Crippen molar-refractivity contribution < 1.29 is 8.42 Å². The van der Waals surface area contributed by atoms with Crippen molar-refractivity contribution in [1.82, 2.24) is 19.4 Å². The lowest BCUT2D eigenvalue weighted by atomic mass is 10.00. The molecule has 2 rings (SSSR count). The fourth-order valence-corrected chi connectivity index (χ4v) is 3.66. The zero-order valence-electron chi connectivity index (χ0n) is 10.8. The van der Waals surface area contributed by atoms with Gasteiger partial charge in [-0.3, -0.25) is 4.68 Å². The van der Waals surface area contributed by atoms with E-state index in [-0.39, 0.29) is 5.03 Å². The Balaban J connectivity index is 2.08. The van der Waals surface area contributed by atoms with E-state index in [4.69, 9.17) is 0 Å². The topological polar surface area (TPSA) is 67.2 Å². The van der Waals surface area contributed by atoms with Crippen LogP contribution in [0.1, 0.15) is 12.8 Å². The number of piperidine rings is 1. The van der Waals surface area contributed by atoms with Crippen LogP contribution in [-0.4, -0.2) is 49.2 Å². The lowest BCUT2D eigenvalue weighted by Crippen LogP contribution is -2.39. The van der Waals surface area contributed by atoms with Gasteiger partial charge >= 0.3 is 0 Å². The highest BCUT2D eigenvalue weighted by Gasteiger charge is 2.26. The van der Waals surface area contributed by atoms with E-state index < -0.39 is 10.0 Å². The summed E-state index contributed by atoms with van der Waals surface area (Å²) in [7, 11) is -0.142. The molecule has 0 amide bonds. The molecule has 1 aromatic rings. The van der Waals surface area contributed by atoms with Gasteiger partial charge in [-0.25, -0.2) is 8.42 Å². The fourth-order valence-electron chi connectivity index (χ4n) is 2.32. The summed E-state index contributed by atoms with van der Waals surface area (Å²) in [4.78, 5) is 0. The second-order valence-corrected chi connectivity index (χ2v) is 6.78. The minimum Gasteiger partial charge on any atom is -0.316 e. The van der Waals surface area contributed by atoms with Gasteiger partial charge in [0.2, 0.25) is 0 Å². The Morgan fingerprint density at radius 3 is 2.94 bits per heavy atom. The van der Waals surface area contributed by atoms with E-state index >= 15 is 0 Å². The molecule has 0 spiro atoms. The van der Waals surface area contributed by atoms with Crippen LogP contribution in [0, 0.1) is 5.92 Å². The molecule has 1 aliphatic rings. The van der Waals surface area contributed by atoms with Crippen molar-refractivity contribution in [2.45, 2.75) is 17.9 Å². The number of nitrogens with one attached hydrogen (secondary N) is 1. The number of aromatic nitrogens is 2. The Bertz CT molecular complexity index is 491. The van der Waals surface area contributed by atoms with Gasteiger partial charge in [0.05, 0.1) is 6.20 Å². The standard InChI is InChI=1S/C11H20N4O2S/c1-14(9-10-4-3-6-12-8-10)18(16,17)11-5-7-13-15(11)2/h5,7,10,12H,3-4,6,8-9H2,1-2H3. The molecule has 1 aliphatic heterocycles. The predicted octanol–water partition coefficient (Wildman–Crippen LogP) is 0.0402. The van der Waals surface area contributed by atoms with Crippen molar-refractivity contribution in [1.29, 1.82) is 0 Å². The molecular weight excluding hydrogens is 252 g/mol. The van der Waals surface area contributed by atoms with Crippen LogP contribution in [0.2, 0.25) is 0 Å². The molecule has 1 unspecified atom stereocenters. The third kappa shape index (κ3) is 2.73. The Hall–Kier alpha value is -0.920. The molecule has 7 heteroatoms. The normalized spacial score (nSPS) is 21.4. The first-order valence-electron chi connectivity index (χ1n) is 6.17. The number of hydrogen-bond donors (Lipinski definition) is 1. The summed E-state index contributed by atoms with van der Waals surface area (Å²) in [5, 5.41) is 7.45. The maximum atomic E-state index is 12.3. The summed E-state index contributed by atoms with van der Waals surface area (Å²) in [6.07, 6.45) is 3.70. The molecule has 1 atom stereocenters. The van der Waals surface area contributed by atoms with Crippen LogP contribution in [0.5, 0.6) is 0 Å². The van der Waals surface area contributed by atoms with Gasteiger partial charge in [0, 0.05) is 20.6 Å². The van der Waals surface area contributed by atoms with Gasteiger partial charge in [0.1, 0.15) is 0 Å². The Morgan fingerprint density at radius 1 is 1.61 bits per heavy atom. The van der Waals surface area contributed by atoms with E-state index in [1.807, 2.05) is 0 Å². The van der Waals surface area contributed by atoms with Crippen molar-refractivity contribution in [3.63, 3.8) is 0 Å². The fraction of sp³-hybridized carbons (Fsp3) is 0.727. The molecule has 1 aromatic heterocycles. The van der Waals surface area contributed by atoms with Gasteiger partial charge in [0.25, 0.3) is 10.0 Å². The van der Waals surface area contributed by atoms with Gasteiger partial charge < -0.3 is 5.32 Å². The minimum absolute atomic E-state index is 0.244. The summed E-state index contributed by atoms with van der Waals surface area (Å²) >= 11 is 0. The summed E-state index contributed by atoms with van der Waals surface area (Å²) in [5.74, 6) is 0.395. The van der Waals surface area contributed by atoms with E-state index in [9.17, 15) is 8.42 Å². The van der Waals surface area contributed by atoms with Crippen molar-refractivity contribution >= 4 is 10.0 Å². The number of rotatable bonds is 4. The van der Waals surface area contributed by atoms with E-state index in [2.05, 4.69) is 10.4 Å². The summed E-state index contributed by atoms with van der Waals surface area (Å²) < 4.78 is 27.5. The average Bonchev–Trinajstić information content (AvgIpc) is 2.77. The average molecular weight is 272 g/mol. The van der Waals surface area contributed by atoms with Gasteiger partial charge in [-0.05, 0) is 37.9 Å². The van der Waals surface area contributed by atoms with E-state index in [1.54, 1.807) is 14.1 Å². The van der Waals surface area contributed by atoms with Crippen molar-refractivity contribution in [2.24, 2.45) is 13.0 Å². The minimum atomic E-state index is -3.42. The highest BCUT2D eigenvalue weighted by Crippen LogP contribution is 2.17. The Labute approximate surface area is 108 Å². The molecule has 102 valence electrons. The maximum Gasteiger partial charge on any atom is 0.259 e. The molecule has 1 saturated heterocycles. The first-order valence-corrected chi connectivity index (χ1v) is 7.61. The van der Waals surface area contributed by atoms with Crippen molar-refractivity contribution in [2.75, 3.05) is 26.7 Å². The van der Waals surface area contributed by atoms with Gasteiger partial charge in [-0.2, -0.15) is 9.40 Å². The zero-order chi connectivity index (χ0) is 13.2. The SMILES string of the molecule is CN(CC1CCCNC1)S(=O)(=O)c1ccnn1C. The van der Waals surface area contributed by atoms with Crippen molar-refractivity contribution in [3.05, 3.63) is 12.3 Å². The Kier molecular flexibility index (Phi) is 4.04. The van der Waals surface area contributed by atoms with Crippen LogP contribution in [-0.2, 0) is 17.1 Å². The highest BCUT2D eigenvalue weighted by molar-refractivity contribution is 7.89. The second kappa shape index (κ2) is 5.38. The highest BCUT2D eigenvalue weighted by atomic mass is 32.2. The molecule has 0 aliphatic carbocycles. The lowest BCUT2D eigenvalue weighted by molar-refractivity contribution is 0.313. The second-order valence-electron chi connectivity index (χ2n) is 4.79. The summed E-state index contributed by atoms with van der Waals surface area (Å²) in [5.41, 5.74) is 0. The van der Waals surface area contributed by atoms with Gasteiger partial charge in [0.15, 0.2) is 5.03 Å². The molecular formula is C11H20N4O2S. The summed E-state index contributed by atoms with van der Waals surface area (Å²) in [6, 6.07) is 1.53. The molecule has 6 nitrogen and oxygen atoms in total. The van der Waals surface area contributed by atoms with E-state index in [1.165, 1.54) is 21.3 Å². The summed E-state index contributed by atoms with van der Waals surface area (Å²) in [6.45, 7) is 2.49. The van der Waals surface area contributed by atoms with Crippen LogP contribution in [0.3, 0.4) is 0 Å². The van der Waals surface area contributed by atoms with Gasteiger partial charge in [-0.15, -0.1) is 0 Å². The smallest absolute Gasteiger partial charge is 0.259 e. The molecule has 0 saturated carbocycles. The molecule has 2 heterocycles. The monoisotopic (exact) mass is 272 g/mol. The lowest BCUT2D eigenvalue weighted by Gasteiger charge is -2.27. The van der Waals surface area contributed by atoms with Crippen LogP contribution in [0.4, 0.5) is 0 Å². The molecule has 1 N–H and O–H groups in total.